The Morgan fingerprint density at radius 1 is 1.14 bits per heavy atom. The molecule has 8 nitrogen and oxygen atoms in total. The number of hydrogen-bond donors (Lipinski definition) is 1. The molecule has 1 N–H and O–H groups in total. The van der Waals surface area contributed by atoms with Crippen molar-refractivity contribution in [2.24, 2.45) is 0 Å². The van der Waals surface area contributed by atoms with Gasteiger partial charge in [0.1, 0.15) is 11.5 Å². The fourth-order valence-electron chi connectivity index (χ4n) is 4.61. The summed E-state index contributed by atoms with van der Waals surface area (Å²) in [6, 6.07) is 13.9. The molecule has 2 saturated heterocycles. The van der Waals surface area contributed by atoms with Crippen molar-refractivity contribution in [3.8, 4) is 11.3 Å². The van der Waals surface area contributed by atoms with Crippen molar-refractivity contribution in [1.82, 2.24) is 10.1 Å². The van der Waals surface area contributed by atoms with Crippen LogP contribution in [-0.4, -0.2) is 61.6 Å². The van der Waals surface area contributed by atoms with Gasteiger partial charge in [0.05, 0.1) is 31.4 Å². The van der Waals surface area contributed by atoms with Crippen LogP contribution in [0.1, 0.15) is 24.0 Å². The van der Waals surface area contributed by atoms with Crippen LogP contribution in [0.5, 0.6) is 0 Å². The third-order valence-corrected chi connectivity index (χ3v) is 6.58. The molecule has 2 fully saturated rings. The third-order valence-electron chi connectivity index (χ3n) is 6.58. The van der Waals surface area contributed by atoms with E-state index in [1.54, 1.807) is 23.1 Å². The van der Waals surface area contributed by atoms with E-state index >= 15 is 0 Å². The summed E-state index contributed by atoms with van der Waals surface area (Å²) in [4.78, 5) is 17.3. The first-order valence-corrected chi connectivity index (χ1v) is 12.4. The number of carbonyl (C=O) groups is 1. The summed E-state index contributed by atoms with van der Waals surface area (Å²) in [5.74, 6) is 0.146. The SMILES string of the molecule is Cc1ccc(NC(=O)N(Cc2c(-c3ccccc3F)noc2N2CCOCC2)CC2CCCO2)cc1. The molecular formula is C27H31FN4O4. The number of urea groups is 1. The molecule has 1 atom stereocenters. The molecule has 0 saturated carbocycles. The monoisotopic (exact) mass is 494 g/mol. The van der Waals surface area contributed by atoms with Crippen LogP contribution < -0.4 is 10.2 Å². The van der Waals surface area contributed by atoms with Gasteiger partial charge in [-0.25, -0.2) is 9.18 Å². The van der Waals surface area contributed by atoms with Gasteiger partial charge < -0.3 is 29.1 Å². The number of anilines is 2. The lowest BCUT2D eigenvalue weighted by Gasteiger charge is -2.29. The number of hydrogen-bond acceptors (Lipinski definition) is 6. The van der Waals surface area contributed by atoms with Gasteiger partial charge in [-0.1, -0.05) is 35.0 Å². The number of nitrogens with one attached hydrogen (secondary N) is 1. The number of nitrogens with zero attached hydrogens (tertiary/aromatic N) is 3. The quantitative estimate of drug-likeness (QED) is 0.506. The Morgan fingerprint density at radius 3 is 2.64 bits per heavy atom. The molecule has 5 rings (SSSR count). The van der Waals surface area contributed by atoms with Crippen molar-refractivity contribution in [1.29, 1.82) is 0 Å². The molecule has 2 amide bonds. The number of morpholine rings is 1. The Bertz CT molecular complexity index is 1170. The molecule has 2 aliphatic rings. The molecule has 3 heterocycles. The first-order valence-electron chi connectivity index (χ1n) is 12.4. The van der Waals surface area contributed by atoms with Gasteiger partial charge >= 0.3 is 6.03 Å². The summed E-state index contributed by atoms with van der Waals surface area (Å²) < 4.78 is 32.0. The molecule has 36 heavy (non-hydrogen) atoms. The molecule has 0 spiro atoms. The maximum atomic E-state index is 14.8. The highest BCUT2D eigenvalue weighted by molar-refractivity contribution is 5.89. The summed E-state index contributed by atoms with van der Waals surface area (Å²) in [6.07, 6.45) is 1.79. The van der Waals surface area contributed by atoms with Crippen molar-refractivity contribution in [2.45, 2.75) is 32.4 Å². The lowest BCUT2D eigenvalue weighted by Crippen LogP contribution is -2.41. The summed E-state index contributed by atoms with van der Waals surface area (Å²) >= 11 is 0. The zero-order chi connectivity index (χ0) is 24.9. The van der Waals surface area contributed by atoms with Gasteiger partial charge in [-0.3, -0.25) is 0 Å². The Balaban J connectivity index is 1.48. The maximum Gasteiger partial charge on any atom is 0.322 e. The zero-order valence-corrected chi connectivity index (χ0v) is 20.4. The predicted octanol–water partition coefficient (Wildman–Crippen LogP) is 4.84. The number of halogens is 1. The van der Waals surface area contributed by atoms with E-state index in [0.717, 1.165) is 18.4 Å². The van der Waals surface area contributed by atoms with E-state index in [9.17, 15) is 9.18 Å². The minimum absolute atomic E-state index is 0.0580. The first-order chi connectivity index (χ1) is 17.6. The zero-order valence-electron chi connectivity index (χ0n) is 20.4. The maximum absolute atomic E-state index is 14.8. The van der Waals surface area contributed by atoms with Crippen molar-refractivity contribution >= 4 is 17.6 Å². The molecule has 3 aromatic rings. The standard InChI is InChI=1S/C27H31FN4O4/c1-19-8-10-20(11-9-19)29-27(33)32(17-21-5-4-14-35-21)18-23-25(22-6-2-3-7-24(22)28)30-36-26(23)31-12-15-34-16-13-31/h2-3,6-11,21H,4-5,12-18H2,1H3,(H,29,33). The number of ether oxygens (including phenoxy) is 2. The molecule has 2 aromatic carbocycles. The van der Waals surface area contributed by atoms with Crippen LogP contribution in [-0.2, 0) is 16.0 Å². The fraction of sp³-hybridized carbons (Fsp3) is 0.407. The number of aromatic nitrogens is 1. The van der Waals surface area contributed by atoms with Gasteiger partial charge in [-0.05, 0) is 44.0 Å². The largest absolute Gasteiger partial charge is 0.378 e. The molecule has 0 aliphatic carbocycles. The molecule has 0 bridgehead atoms. The smallest absolute Gasteiger partial charge is 0.322 e. The van der Waals surface area contributed by atoms with E-state index in [0.29, 0.717) is 67.8 Å². The summed E-state index contributed by atoms with van der Waals surface area (Å²) in [6.45, 7) is 5.65. The molecule has 9 heteroatoms. The predicted molar refractivity (Wildman–Crippen MR) is 135 cm³/mol. The van der Waals surface area contributed by atoms with Crippen molar-refractivity contribution in [3.05, 3.63) is 65.5 Å². The van der Waals surface area contributed by atoms with Crippen LogP contribution in [0.2, 0.25) is 0 Å². The normalized spacial score (nSPS) is 17.8. The average molecular weight is 495 g/mol. The fourth-order valence-corrected chi connectivity index (χ4v) is 4.61. The summed E-state index contributed by atoms with van der Waals surface area (Å²) in [5.41, 5.74) is 3.22. The van der Waals surface area contributed by atoms with E-state index < -0.39 is 5.82 Å². The van der Waals surface area contributed by atoms with Gasteiger partial charge in [0.25, 0.3) is 0 Å². The van der Waals surface area contributed by atoms with Crippen LogP contribution >= 0.6 is 0 Å². The van der Waals surface area contributed by atoms with Crippen LogP contribution in [0.15, 0.2) is 53.1 Å². The third kappa shape index (κ3) is 5.52. The molecule has 1 aromatic heterocycles. The second-order valence-corrected chi connectivity index (χ2v) is 9.21. The van der Waals surface area contributed by atoms with Gasteiger partial charge in [0.15, 0.2) is 0 Å². The highest BCUT2D eigenvalue weighted by Gasteiger charge is 2.30. The van der Waals surface area contributed by atoms with E-state index in [4.69, 9.17) is 14.0 Å². The Morgan fingerprint density at radius 2 is 1.92 bits per heavy atom. The second kappa shape index (κ2) is 11.1. The molecule has 190 valence electrons. The topological polar surface area (TPSA) is 80.1 Å². The number of aryl methyl sites for hydroxylation is 1. The lowest BCUT2D eigenvalue weighted by molar-refractivity contribution is 0.0818. The molecule has 2 aliphatic heterocycles. The highest BCUT2D eigenvalue weighted by atomic mass is 19.1. The van der Waals surface area contributed by atoms with Gasteiger partial charge in [0, 0.05) is 37.5 Å². The first kappa shape index (κ1) is 24.3. The number of amides is 2. The number of benzene rings is 2. The van der Waals surface area contributed by atoms with Crippen molar-refractivity contribution < 1.29 is 23.2 Å². The Kier molecular flexibility index (Phi) is 7.48. The van der Waals surface area contributed by atoms with Crippen molar-refractivity contribution in [3.63, 3.8) is 0 Å². The Hall–Kier alpha value is -3.43. The molecule has 0 radical (unpaired) electrons. The highest BCUT2D eigenvalue weighted by Crippen LogP contribution is 2.34. The van der Waals surface area contributed by atoms with Gasteiger partial charge in [-0.15, -0.1) is 0 Å². The minimum Gasteiger partial charge on any atom is -0.378 e. The van der Waals surface area contributed by atoms with Crippen molar-refractivity contribution in [2.75, 3.05) is 49.7 Å². The van der Waals surface area contributed by atoms with Crippen LogP contribution in [0, 0.1) is 12.7 Å². The van der Waals surface area contributed by atoms with E-state index in [1.807, 2.05) is 36.1 Å². The Labute approximate surface area is 210 Å². The summed E-state index contributed by atoms with van der Waals surface area (Å²) in [5, 5.41) is 7.27. The molecular weight excluding hydrogens is 463 g/mol. The van der Waals surface area contributed by atoms with E-state index in [2.05, 4.69) is 10.5 Å². The minimum atomic E-state index is -0.393. The van der Waals surface area contributed by atoms with E-state index in [1.165, 1.54) is 6.07 Å². The number of rotatable bonds is 7. The summed E-state index contributed by atoms with van der Waals surface area (Å²) in [7, 11) is 0. The average Bonchev–Trinajstić information content (AvgIpc) is 3.56. The van der Waals surface area contributed by atoms with Crippen LogP contribution in [0.25, 0.3) is 11.3 Å². The van der Waals surface area contributed by atoms with Crippen LogP contribution in [0.4, 0.5) is 20.8 Å². The molecule has 1 unspecified atom stereocenters. The lowest BCUT2D eigenvalue weighted by atomic mass is 10.1. The number of carbonyl (C=O) groups excluding carboxylic acids is 1. The van der Waals surface area contributed by atoms with Gasteiger partial charge in [0.2, 0.25) is 5.88 Å². The van der Waals surface area contributed by atoms with Crippen LogP contribution in [0.3, 0.4) is 0 Å². The van der Waals surface area contributed by atoms with Gasteiger partial charge in [-0.2, -0.15) is 0 Å². The van der Waals surface area contributed by atoms with E-state index in [-0.39, 0.29) is 18.7 Å². The second-order valence-electron chi connectivity index (χ2n) is 9.21.